The Morgan fingerprint density at radius 1 is 0.769 bits per heavy atom. The van der Waals surface area contributed by atoms with E-state index in [4.69, 9.17) is 0 Å². The van der Waals surface area contributed by atoms with Gasteiger partial charge in [0, 0.05) is 16.0 Å². The van der Waals surface area contributed by atoms with Gasteiger partial charge in [-0.05, 0) is 11.4 Å². The van der Waals surface area contributed by atoms with Crippen LogP contribution in [0.15, 0.2) is 83.3 Å². The molecule has 0 aliphatic rings. The number of hydrogen-bond acceptors (Lipinski definition) is 6. The molecule has 5 nitrogen and oxygen atoms in total. The molecule has 126 valence electrons. The van der Waals surface area contributed by atoms with Crippen molar-refractivity contribution in [1.82, 2.24) is 15.2 Å². The first kappa shape index (κ1) is 16.1. The highest BCUT2D eigenvalue weighted by molar-refractivity contribution is 7.11. The van der Waals surface area contributed by atoms with E-state index in [2.05, 4.69) is 25.7 Å². The Balaban J connectivity index is 1.70. The van der Waals surface area contributed by atoms with E-state index in [0.29, 0.717) is 5.95 Å². The van der Waals surface area contributed by atoms with E-state index in [-0.39, 0.29) is 0 Å². The van der Waals surface area contributed by atoms with Gasteiger partial charge in [0.15, 0.2) is 0 Å². The minimum atomic E-state index is 0.358. The first-order chi connectivity index (χ1) is 12.9. The van der Waals surface area contributed by atoms with Crippen molar-refractivity contribution in [3.8, 4) is 22.5 Å². The number of rotatable bonds is 5. The van der Waals surface area contributed by atoms with Crippen LogP contribution < -0.4 is 5.43 Å². The highest BCUT2D eigenvalue weighted by atomic mass is 32.1. The second kappa shape index (κ2) is 7.67. The molecule has 26 heavy (non-hydrogen) atoms. The smallest absolute Gasteiger partial charge is 0.244 e. The molecule has 0 aliphatic carbocycles. The SMILES string of the molecule is C(=N\Nc1nnc(-c2ccccc2)c(-c2ccccc2)n1)/c1cccs1. The van der Waals surface area contributed by atoms with Crippen molar-refractivity contribution >= 4 is 23.5 Å². The summed E-state index contributed by atoms with van der Waals surface area (Å²) in [5.74, 6) is 0.358. The van der Waals surface area contributed by atoms with Crippen LogP contribution in [0.25, 0.3) is 22.5 Å². The van der Waals surface area contributed by atoms with E-state index in [0.717, 1.165) is 27.4 Å². The monoisotopic (exact) mass is 357 g/mol. The van der Waals surface area contributed by atoms with Gasteiger partial charge >= 0.3 is 0 Å². The van der Waals surface area contributed by atoms with Crippen LogP contribution in [0.2, 0.25) is 0 Å². The zero-order valence-electron chi connectivity index (χ0n) is 13.8. The van der Waals surface area contributed by atoms with E-state index >= 15 is 0 Å². The maximum Gasteiger partial charge on any atom is 0.263 e. The lowest BCUT2D eigenvalue weighted by atomic mass is 10.0. The summed E-state index contributed by atoms with van der Waals surface area (Å²) in [6.07, 6.45) is 1.74. The predicted octanol–water partition coefficient (Wildman–Crippen LogP) is 4.71. The van der Waals surface area contributed by atoms with E-state index < -0.39 is 0 Å². The highest BCUT2D eigenvalue weighted by Crippen LogP contribution is 2.28. The van der Waals surface area contributed by atoms with Crippen LogP contribution in [0.3, 0.4) is 0 Å². The first-order valence-electron chi connectivity index (χ1n) is 8.08. The number of aromatic nitrogens is 3. The van der Waals surface area contributed by atoms with Crippen molar-refractivity contribution in [2.45, 2.75) is 0 Å². The zero-order chi connectivity index (χ0) is 17.6. The molecule has 0 unspecified atom stereocenters. The molecule has 0 saturated heterocycles. The Morgan fingerprint density at radius 3 is 2.12 bits per heavy atom. The van der Waals surface area contributed by atoms with Gasteiger partial charge in [0.25, 0.3) is 5.95 Å². The minimum Gasteiger partial charge on any atom is -0.244 e. The standard InChI is InChI=1S/C20H15N5S/c1-3-8-15(9-4-1)18-19(16-10-5-2-6-11-16)23-25-20(22-18)24-21-14-17-12-7-13-26-17/h1-14H,(H,22,24,25)/b21-14+. The fourth-order valence-corrected chi connectivity index (χ4v) is 3.06. The van der Waals surface area contributed by atoms with E-state index in [1.54, 1.807) is 17.6 Å². The van der Waals surface area contributed by atoms with Crippen molar-refractivity contribution < 1.29 is 0 Å². The fraction of sp³-hybridized carbons (Fsp3) is 0. The number of anilines is 1. The molecule has 0 atom stereocenters. The third-order valence-corrected chi connectivity index (χ3v) is 4.49. The lowest BCUT2D eigenvalue weighted by molar-refractivity contribution is 0.973. The molecule has 0 spiro atoms. The summed E-state index contributed by atoms with van der Waals surface area (Å²) < 4.78 is 0. The van der Waals surface area contributed by atoms with Crippen molar-refractivity contribution in [2.24, 2.45) is 5.10 Å². The second-order valence-corrected chi connectivity index (χ2v) is 6.43. The average Bonchev–Trinajstić information content (AvgIpc) is 3.23. The number of hydrazone groups is 1. The third kappa shape index (κ3) is 3.65. The van der Waals surface area contributed by atoms with Crippen molar-refractivity contribution in [3.63, 3.8) is 0 Å². The van der Waals surface area contributed by atoms with Gasteiger partial charge in [0.2, 0.25) is 0 Å². The summed E-state index contributed by atoms with van der Waals surface area (Å²) in [5, 5.41) is 14.8. The number of nitrogens with one attached hydrogen (secondary N) is 1. The molecule has 0 saturated carbocycles. The number of nitrogens with zero attached hydrogens (tertiary/aromatic N) is 4. The van der Waals surface area contributed by atoms with E-state index in [9.17, 15) is 0 Å². The minimum absolute atomic E-state index is 0.358. The molecule has 2 aromatic carbocycles. The quantitative estimate of drug-likeness (QED) is 0.415. The van der Waals surface area contributed by atoms with Crippen LogP contribution in [0.5, 0.6) is 0 Å². The summed E-state index contributed by atoms with van der Waals surface area (Å²) in [4.78, 5) is 5.69. The Kier molecular flexibility index (Phi) is 4.75. The normalized spacial score (nSPS) is 10.9. The molecule has 0 amide bonds. The van der Waals surface area contributed by atoms with Gasteiger partial charge < -0.3 is 0 Å². The molecule has 6 heteroatoms. The van der Waals surface area contributed by atoms with Crippen LogP contribution in [0.1, 0.15) is 4.88 Å². The van der Waals surface area contributed by atoms with Crippen molar-refractivity contribution in [1.29, 1.82) is 0 Å². The van der Waals surface area contributed by atoms with Gasteiger partial charge in [-0.15, -0.1) is 21.5 Å². The van der Waals surface area contributed by atoms with Gasteiger partial charge in [-0.1, -0.05) is 66.7 Å². The average molecular weight is 357 g/mol. The number of benzene rings is 2. The molecule has 4 aromatic rings. The molecule has 0 aliphatic heterocycles. The summed E-state index contributed by atoms with van der Waals surface area (Å²) in [7, 11) is 0. The molecular formula is C20H15N5S. The Hall–Kier alpha value is -3.38. The molecule has 1 N–H and O–H groups in total. The summed E-state index contributed by atoms with van der Waals surface area (Å²) in [6, 6.07) is 23.8. The maximum absolute atomic E-state index is 4.64. The molecule has 0 bridgehead atoms. The van der Waals surface area contributed by atoms with E-state index in [1.165, 1.54) is 0 Å². The van der Waals surface area contributed by atoms with Crippen LogP contribution in [0.4, 0.5) is 5.95 Å². The van der Waals surface area contributed by atoms with Crippen LogP contribution in [-0.4, -0.2) is 21.4 Å². The lowest BCUT2D eigenvalue weighted by Crippen LogP contribution is -2.03. The molecule has 0 fully saturated rings. The van der Waals surface area contributed by atoms with Crippen LogP contribution in [0, 0.1) is 0 Å². The topological polar surface area (TPSA) is 63.1 Å². The molecule has 4 rings (SSSR count). The van der Waals surface area contributed by atoms with Gasteiger partial charge in [-0.25, -0.2) is 10.4 Å². The first-order valence-corrected chi connectivity index (χ1v) is 8.96. The Labute approximate surface area is 155 Å². The zero-order valence-corrected chi connectivity index (χ0v) is 14.6. The van der Waals surface area contributed by atoms with Gasteiger partial charge in [-0.2, -0.15) is 5.10 Å². The summed E-state index contributed by atoms with van der Waals surface area (Å²) >= 11 is 1.61. The van der Waals surface area contributed by atoms with Crippen molar-refractivity contribution in [2.75, 3.05) is 5.43 Å². The van der Waals surface area contributed by atoms with Gasteiger partial charge in [0.05, 0.1) is 6.21 Å². The summed E-state index contributed by atoms with van der Waals surface area (Å²) in [6.45, 7) is 0. The predicted molar refractivity (Wildman–Crippen MR) is 106 cm³/mol. The Bertz CT molecular complexity index is 999. The molecular weight excluding hydrogens is 342 g/mol. The Morgan fingerprint density at radius 2 is 1.46 bits per heavy atom. The number of hydrogen-bond donors (Lipinski definition) is 1. The number of thiophene rings is 1. The van der Waals surface area contributed by atoms with Gasteiger partial charge in [0.1, 0.15) is 11.4 Å². The van der Waals surface area contributed by atoms with Crippen LogP contribution >= 0.6 is 11.3 Å². The highest BCUT2D eigenvalue weighted by Gasteiger charge is 2.13. The van der Waals surface area contributed by atoms with Crippen molar-refractivity contribution in [3.05, 3.63) is 83.1 Å². The molecule has 2 aromatic heterocycles. The van der Waals surface area contributed by atoms with Gasteiger partial charge in [-0.3, -0.25) is 0 Å². The third-order valence-electron chi connectivity index (χ3n) is 3.68. The maximum atomic E-state index is 4.64. The fourth-order valence-electron chi connectivity index (χ4n) is 2.48. The largest absolute Gasteiger partial charge is 0.263 e. The van der Waals surface area contributed by atoms with Crippen LogP contribution in [-0.2, 0) is 0 Å². The summed E-state index contributed by atoms with van der Waals surface area (Å²) in [5.41, 5.74) is 6.32. The molecule has 0 radical (unpaired) electrons. The second-order valence-electron chi connectivity index (χ2n) is 5.45. The molecule has 2 heterocycles. The lowest BCUT2D eigenvalue weighted by Gasteiger charge is -2.09. The van der Waals surface area contributed by atoms with E-state index in [1.807, 2.05) is 78.2 Å².